The topological polar surface area (TPSA) is 63.1 Å². The van der Waals surface area contributed by atoms with Gasteiger partial charge in [-0.05, 0) is 56.2 Å². The van der Waals surface area contributed by atoms with Gasteiger partial charge in [-0.25, -0.2) is 9.97 Å². The first-order chi connectivity index (χ1) is 13.2. The van der Waals surface area contributed by atoms with Crippen molar-refractivity contribution in [2.45, 2.75) is 26.3 Å². The molecule has 27 heavy (non-hydrogen) atoms. The number of rotatable bonds is 5. The number of carbonyl (C=O) groups is 1. The van der Waals surface area contributed by atoms with Crippen LogP contribution in [0.25, 0.3) is 5.69 Å². The molecule has 3 heterocycles. The fourth-order valence-electron chi connectivity index (χ4n) is 3.35. The van der Waals surface area contributed by atoms with Gasteiger partial charge in [0.2, 0.25) is 0 Å². The summed E-state index contributed by atoms with van der Waals surface area (Å²) in [4.78, 5) is 23.8. The summed E-state index contributed by atoms with van der Waals surface area (Å²) in [6.07, 6.45) is 6.35. The summed E-state index contributed by atoms with van der Waals surface area (Å²) in [5, 5.41) is 2.93. The smallest absolute Gasteiger partial charge is 0.251 e. The predicted octanol–water partition coefficient (Wildman–Crippen LogP) is 3.11. The lowest BCUT2D eigenvalue weighted by Gasteiger charge is -2.17. The van der Waals surface area contributed by atoms with E-state index in [1.807, 2.05) is 66.3 Å². The number of aromatic nitrogens is 3. The van der Waals surface area contributed by atoms with Crippen molar-refractivity contribution in [1.29, 1.82) is 0 Å². The highest BCUT2D eigenvalue weighted by Gasteiger charge is 2.15. The highest BCUT2D eigenvalue weighted by atomic mass is 16.1. The number of hydrogen-bond acceptors (Lipinski definition) is 4. The summed E-state index contributed by atoms with van der Waals surface area (Å²) in [6, 6.07) is 13.5. The quantitative estimate of drug-likeness (QED) is 0.758. The van der Waals surface area contributed by atoms with E-state index in [2.05, 4.69) is 20.2 Å². The number of anilines is 1. The molecule has 0 bridgehead atoms. The van der Waals surface area contributed by atoms with Crippen LogP contribution in [-0.4, -0.2) is 33.5 Å². The fraction of sp³-hybridized carbons (Fsp3) is 0.286. The van der Waals surface area contributed by atoms with Crippen molar-refractivity contribution >= 4 is 11.7 Å². The van der Waals surface area contributed by atoms with Gasteiger partial charge < -0.3 is 14.8 Å². The molecule has 0 spiro atoms. The SMILES string of the molecule is Cc1cc(N2CCCC2)nc(CNC(=O)c2ccc(-n3cccc3)cc2)n1. The minimum atomic E-state index is -0.123. The largest absolute Gasteiger partial charge is 0.357 e. The summed E-state index contributed by atoms with van der Waals surface area (Å²) in [7, 11) is 0. The normalized spacial score (nSPS) is 13.7. The van der Waals surface area contributed by atoms with E-state index < -0.39 is 0 Å². The van der Waals surface area contributed by atoms with Crippen molar-refractivity contribution in [3.05, 3.63) is 71.9 Å². The van der Waals surface area contributed by atoms with E-state index in [1.54, 1.807) is 0 Å². The van der Waals surface area contributed by atoms with Crippen LogP contribution in [0.5, 0.6) is 0 Å². The summed E-state index contributed by atoms with van der Waals surface area (Å²) in [5.41, 5.74) is 2.57. The van der Waals surface area contributed by atoms with Crippen molar-refractivity contribution < 1.29 is 4.79 Å². The van der Waals surface area contributed by atoms with E-state index in [0.717, 1.165) is 30.3 Å². The van der Waals surface area contributed by atoms with Gasteiger partial charge >= 0.3 is 0 Å². The van der Waals surface area contributed by atoms with E-state index >= 15 is 0 Å². The molecule has 1 amide bonds. The Morgan fingerprint density at radius 2 is 1.78 bits per heavy atom. The number of amides is 1. The highest BCUT2D eigenvalue weighted by Crippen LogP contribution is 2.18. The second-order valence-corrected chi connectivity index (χ2v) is 6.80. The van der Waals surface area contributed by atoms with E-state index in [9.17, 15) is 4.79 Å². The number of aryl methyl sites for hydroxylation is 1. The van der Waals surface area contributed by atoms with Crippen LogP contribution in [0.4, 0.5) is 5.82 Å². The predicted molar refractivity (Wildman–Crippen MR) is 105 cm³/mol. The van der Waals surface area contributed by atoms with Gasteiger partial charge in [-0.2, -0.15) is 0 Å². The molecule has 4 rings (SSSR count). The Morgan fingerprint density at radius 1 is 1.07 bits per heavy atom. The Hall–Kier alpha value is -3.15. The zero-order valence-electron chi connectivity index (χ0n) is 15.4. The second-order valence-electron chi connectivity index (χ2n) is 6.80. The van der Waals surface area contributed by atoms with Crippen molar-refractivity contribution in [3.63, 3.8) is 0 Å². The van der Waals surface area contributed by atoms with Crippen LogP contribution in [-0.2, 0) is 6.54 Å². The molecule has 1 aliphatic rings. The minimum absolute atomic E-state index is 0.123. The molecule has 1 aliphatic heterocycles. The first-order valence-corrected chi connectivity index (χ1v) is 9.30. The molecule has 0 atom stereocenters. The summed E-state index contributed by atoms with van der Waals surface area (Å²) < 4.78 is 2.00. The molecule has 3 aromatic rings. The molecule has 6 heteroatoms. The van der Waals surface area contributed by atoms with Crippen molar-refractivity contribution in [2.24, 2.45) is 0 Å². The lowest BCUT2D eigenvalue weighted by Crippen LogP contribution is -2.25. The number of hydrogen-bond donors (Lipinski definition) is 1. The minimum Gasteiger partial charge on any atom is -0.357 e. The first-order valence-electron chi connectivity index (χ1n) is 9.30. The number of benzene rings is 1. The molecule has 0 radical (unpaired) electrons. The number of nitrogens with zero attached hydrogens (tertiary/aromatic N) is 4. The van der Waals surface area contributed by atoms with Crippen LogP contribution in [0.3, 0.4) is 0 Å². The van der Waals surface area contributed by atoms with Gasteiger partial charge in [-0.15, -0.1) is 0 Å². The number of nitrogens with one attached hydrogen (secondary N) is 1. The average Bonchev–Trinajstić information content (AvgIpc) is 3.40. The van der Waals surface area contributed by atoms with E-state index in [1.165, 1.54) is 12.8 Å². The molecule has 2 aromatic heterocycles. The molecule has 0 unspecified atom stereocenters. The zero-order chi connectivity index (χ0) is 18.6. The van der Waals surface area contributed by atoms with Crippen LogP contribution in [0, 0.1) is 6.92 Å². The van der Waals surface area contributed by atoms with Gasteiger partial charge in [-0.3, -0.25) is 4.79 Å². The highest BCUT2D eigenvalue weighted by molar-refractivity contribution is 5.94. The van der Waals surface area contributed by atoms with Gasteiger partial charge in [0, 0.05) is 48.5 Å². The molecule has 0 aliphatic carbocycles. The molecule has 6 nitrogen and oxygen atoms in total. The summed E-state index contributed by atoms with van der Waals surface area (Å²) in [6.45, 7) is 4.36. The molecule has 1 fully saturated rings. The average molecular weight is 361 g/mol. The van der Waals surface area contributed by atoms with Gasteiger partial charge in [0.05, 0.1) is 6.54 Å². The molecule has 1 N–H and O–H groups in total. The third-order valence-corrected chi connectivity index (χ3v) is 4.76. The Labute approximate surface area is 158 Å². The maximum Gasteiger partial charge on any atom is 0.251 e. The van der Waals surface area contributed by atoms with Crippen molar-refractivity contribution in [3.8, 4) is 5.69 Å². The third kappa shape index (κ3) is 4.00. The maximum absolute atomic E-state index is 12.5. The lowest BCUT2D eigenvalue weighted by molar-refractivity contribution is 0.0950. The first kappa shape index (κ1) is 17.3. The Morgan fingerprint density at radius 3 is 2.48 bits per heavy atom. The summed E-state index contributed by atoms with van der Waals surface area (Å²) >= 11 is 0. The van der Waals surface area contributed by atoms with Crippen LogP contribution < -0.4 is 10.2 Å². The van der Waals surface area contributed by atoms with Gasteiger partial charge in [0.1, 0.15) is 11.6 Å². The van der Waals surface area contributed by atoms with Crippen LogP contribution in [0.2, 0.25) is 0 Å². The van der Waals surface area contributed by atoms with Crippen LogP contribution >= 0.6 is 0 Å². The standard InChI is InChI=1S/C21H23N5O/c1-16-14-20(26-12-4-5-13-26)24-19(23-16)15-22-21(27)17-6-8-18(9-7-17)25-10-2-3-11-25/h2-3,6-11,14H,4-5,12-13,15H2,1H3,(H,22,27). The summed E-state index contributed by atoms with van der Waals surface area (Å²) in [5.74, 6) is 1.48. The number of carbonyl (C=O) groups excluding carboxylic acids is 1. The van der Waals surface area contributed by atoms with Crippen molar-refractivity contribution in [1.82, 2.24) is 19.9 Å². The Kier molecular flexibility index (Phi) is 4.87. The van der Waals surface area contributed by atoms with Crippen LogP contribution in [0.15, 0.2) is 54.9 Å². The molecular formula is C21H23N5O. The maximum atomic E-state index is 12.5. The molecule has 138 valence electrons. The third-order valence-electron chi connectivity index (χ3n) is 4.76. The zero-order valence-corrected chi connectivity index (χ0v) is 15.4. The van der Waals surface area contributed by atoms with Crippen molar-refractivity contribution in [2.75, 3.05) is 18.0 Å². The Bertz CT molecular complexity index is 912. The molecule has 1 saturated heterocycles. The molecule has 0 saturated carbocycles. The van der Waals surface area contributed by atoms with Crippen LogP contribution in [0.1, 0.15) is 34.7 Å². The Balaban J connectivity index is 1.41. The molecule has 1 aromatic carbocycles. The monoisotopic (exact) mass is 361 g/mol. The van der Waals surface area contributed by atoms with E-state index in [4.69, 9.17) is 0 Å². The fourth-order valence-corrected chi connectivity index (χ4v) is 3.35. The van der Waals surface area contributed by atoms with Gasteiger partial charge in [0.15, 0.2) is 0 Å². The van der Waals surface area contributed by atoms with E-state index in [-0.39, 0.29) is 5.91 Å². The second kappa shape index (κ2) is 7.61. The van der Waals surface area contributed by atoms with Gasteiger partial charge in [-0.1, -0.05) is 0 Å². The van der Waals surface area contributed by atoms with E-state index in [0.29, 0.717) is 17.9 Å². The lowest BCUT2D eigenvalue weighted by atomic mass is 10.2. The molecular weight excluding hydrogens is 338 g/mol. The van der Waals surface area contributed by atoms with Gasteiger partial charge in [0.25, 0.3) is 5.91 Å².